The molecule has 0 spiro atoms. The van der Waals surface area contributed by atoms with Crippen LogP contribution in [0.5, 0.6) is 0 Å². The van der Waals surface area contributed by atoms with E-state index in [4.69, 9.17) is 0 Å². The highest BCUT2D eigenvalue weighted by Gasteiger charge is 1.97. The lowest BCUT2D eigenvalue weighted by molar-refractivity contribution is 0.585. The number of hydrogen-bond donors (Lipinski definition) is 1. The maximum atomic E-state index is 12.8. The summed E-state index contributed by atoms with van der Waals surface area (Å²) in [6, 6.07) is 12.2. The van der Waals surface area contributed by atoms with Crippen LogP contribution >= 0.6 is 15.9 Å². The first-order valence-electron chi connectivity index (χ1n) is 4.39. The highest BCUT2D eigenvalue weighted by atomic mass is 79.9. The topological polar surface area (TPSA) is 24.9 Å². The Morgan fingerprint density at radius 3 is 2.47 bits per heavy atom. The first-order chi connectivity index (χ1) is 7.24. The predicted octanol–water partition coefficient (Wildman–Crippen LogP) is 3.73. The number of nitrogens with zero attached hydrogens (tertiary/aromatic N) is 1. The maximum absolute atomic E-state index is 12.8. The lowest BCUT2D eigenvalue weighted by Gasteiger charge is -2.04. The molecule has 0 bridgehead atoms. The Morgan fingerprint density at radius 1 is 1.07 bits per heavy atom. The summed E-state index contributed by atoms with van der Waals surface area (Å²) in [4.78, 5) is 3.70. The fraction of sp³-hybridized carbons (Fsp3) is 0. The van der Waals surface area contributed by atoms with Crippen LogP contribution in [0.2, 0.25) is 0 Å². The molecule has 15 heavy (non-hydrogen) atoms. The van der Waals surface area contributed by atoms with E-state index in [9.17, 15) is 4.39 Å². The van der Waals surface area contributed by atoms with Crippen molar-refractivity contribution in [2.24, 2.45) is 0 Å². The first kappa shape index (κ1) is 10.1. The lowest BCUT2D eigenvalue weighted by Crippen LogP contribution is -1.94. The molecule has 1 aromatic heterocycles. The number of rotatable bonds is 2. The molecule has 0 saturated carbocycles. The van der Waals surface area contributed by atoms with E-state index in [0.29, 0.717) is 5.82 Å². The number of halogens is 2. The summed E-state index contributed by atoms with van der Waals surface area (Å²) in [5.41, 5.74) is 0.872. The Labute approximate surface area is 95.3 Å². The third kappa shape index (κ3) is 2.76. The molecular formula is C11H8BrFN2. The molecule has 0 aliphatic carbocycles. The van der Waals surface area contributed by atoms with Gasteiger partial charge in [-0.05, 0) is 36.4 Å². The van der Waals surface area contributed by atoms with Crippen molar-refractivity contribution in [2.45, 2.75) is 0 Å². The van der Waals surface area contributed by atoms with Crippen molar-refractivity contribution in [3.05, 3.63) is 52.9 Å². The molecule has 1 heterocycles. The molecule has 76 valence electrons. The minimum Gasteiger partial charge on any atom is -0.340 e. The fourth-order valence-corrected chi connectivity index (χ4v) is 1.42. The van der Waals surface area contributed by atoms with Crippen LogP contribution < -0.4 is 5.32 Å². The summed E-state index contributed by atoms with van der Waals surface area (Å²) in [5.74, 6) is 0.00874. The highest BCUT2D eigenvalue weighted by Crippen LogP contribution is 2.17. The number of nitrogens with one attached hydrogen (secondary N) is 1. The molecule has 1 aromatic carbocycles. The van der Waals surface area contributed by atoms with Gasteiger partial charge in [0.15, 0.2) is 0 Å². The highest BCUT2D eigenvalue weighted by molar-refractivity contribution is 9.10. The monoisotopic (exact) mass is 266 g/mol. The summed E-state index contributed by atoms with van der Waals surface area (Å²) >= 11 is 3.34. The van der Waals surface area contributed by atoms with Crippen LogP contribution in [0, 0.1) is 5.95 Å². The lowest BCUT2D eigenvalue weighted by atomic mass is 10.3. The standard InChI is InChI=1S/C11H8BrFN2/c12-8-4-6-9(7-5-8)14-11-3-1-2-10(13)15-11/h1-7H,(H,14,15). The van der Waals surface area contributed by atoms with E-state index in [1.165, 1.54) is 6.07 Å². The number of pyridine rings is 1. The molecule has 0 aliphatic heterocycles. The average Bonchev–Trinajstić information content (AvgIpc) is 2.22. The molecule has 0 amide bonds. The van der Waals surface area contributed by atoms with Gasteiger partial charge in [0.2, 0.25) is 5.95 Å². The summed E-state index contributed by atoms with van der Waals surface area (Å²) in [6.07, 6.45) is 0. The molecule has 1 N–H and O–H groups in total. The van der Waals surface area contributed by atoms with Gasteiger partial charge in [-0.15, -0.1) is 0 Å². The van der Waals surface area contributed by atoms with Gasteiger partial charge in [0.1, 0.15) is 5.82 Å². The van der Waals surface area contributed by atoms with E-state index in [1.807, 2.05) is 24.3 Å². The summed E-state index contributed by atoms with van der Waals surface area (Å²) in [6.45, 7) is 0. The summed E-state index contributed by atoms with van der Waals surface area (Å²) < 4.78 is 13.8. The second-order valence-electron chi connectivity index (χ2n) is 2.98. The third-order valence-electron chi connectivity index (χ3n) is 1.83. The van der Waals surface area contributed by atoms with Crippen LogP contribution in [0.1, 0.15) is 0 Å². The van der Waals surface area contributed by atoms with E-state index < -0.39 is 5.95 Å². The molecule has 2 nitrogen and oxygen atoms in total. The predicted molar refractivity (Wildman–Crippen MR) is 61.6 cm³/mol. The van der Waals surface area contributed by atoms with Gasteiger partial charge in [-0.25, -0.2) is 4.98 Å². The number of anilines is 2. The van der Waals surface area contributed by atoms with Crippen molar-refractivity contribution in [3.8, 4) is 0 Å². The molecule has 0 saturated heterocycles. The summed E-state index contributed by atoms with van der Waals surface area (Å²) in [7, 11) is 0. The maximum Gasteiger partial charge on any atom is 0.214 e. The van der Waals surface area contributed by atoms with Crippen LogP contribution in [-0.2, 0) is 0 Å². The first-order valence-corrected chi connectivity index (χ1v) is 5.18. The van der Waals surface area contributed by atoms with Crippen molar-refractivity contribution in [2.75, 3.05) is 5.32 Å². The van der Waals surface area contributed by atoms with E-state index in [-0.39, 0.29) is 0 Å². The van der Waals surface area contributed by atoms with Gasteiger partial charge in [-0.3, -0.25) is 0 Å². The molecule has 2 aromatic rings. The molecule has 0 fully saturated rings. The zero-order chi connectivity index (χ0) is 10.7. The van der Waals surface area contributed by atoms with Gasteiger partial charge in [0.05, 0.1) is 0 Å². The fourth-order valence-electron chi connectivity index (χ4n) is 1.16. The van der Waals surface area contributed by atoms with Crippen molar-refractivity contribution in [1.29, 1.82) is 0 Å². The van der Waals surface area contributed by atoms with E-state index in [2.05, 4.69) is 26.2 Å². The van der Waals surface area contributed by atoms with E-state index in [0.717, 1.165) is 10.2 Å². The van der Waals surface area contributed by atoms with Gasteiger partial charge >= 0.3 is 0 Å². The quantitative estimate of drug-likeness (QED) is 0.838. The van der Waals surface area contributed by atoms with Gasteiger partial charge < -0.3 is 5.32 Å². The van der Waals surface area contributed by atoms with Crippen molar-refractivity contribution in [3.63, 3.8) is 0 Å². The van der Waals surface area contributed by atoms with Crippen LogP contribution in [0.15, 0.2) is 46.9 Å². The molecule has 0 aliphatic rings. The number of benzene rings is 1. The molecule has 0 atom stereocenters. The van der Waals surface area contributed by atoms with Gasteiger partial charge in [0, 0.05) is 10.2 Å². The third-order valence-corrected chi connectivity index (χ3v) is 2.36. The van der Waals surface area contributed by atoms with Crippen molar-refractivity contribution in [1.82, 2.24) is 4.98 Å². The molecule has 0 radical (unpaired) electrons. The minimum atomic E-state index is -0.489. The Hall–Kier alpha value is -1.42. The Kier molecular flexibility index (Phi) is 2.97. The molecule has 2 rings (SSSR count). The molecular weight excluding hydrogens is 259 g/mol. The molecule has 4 heteroatoms. The van der Waals surface area contributed by atoms with Crippen LogP contribution in [0.4, 0.5) is 15.9 Å². The second kappa shape index (κ2) is 4.40. The largest absolute Gasteiger partial charge is 0.340 e. The minimum absolute atomic E-state index is 0.489. The molecule has 0 unspecified atom stereocenters. The Bertz CT molecular complexity index is 456. The Balaban J connectivity index is 2.18. The van der Waals surface area contributed by atoms with Gasteiger partial charge in [-0.1, -0.05) is 22.0 Å². The van der Waals surface area contributed by atoms with Crippen molar-refractivity contribution >= 4 is 27.4 Å². The van der Waals surface area contributed by atoms with Crippen LogP contribution in [0.25, 0.3) is 0 Å². The summed E-state index contributed by atoms with van der Waals surface area (Å²) in [5, 5.41) is 3.00. The van der Waals surface area contributed by atoms with Crippen LogP contribution in [0.3, 0.4) is 0 Å². The zero-order valence-corrected chi connectivity index (χ0v) is 9.33. The number of aromatic nitrogens is 1. The normalized spacial score (nSPS) is 10.0. The number of hydrogen-bond acceptors (Lipinski definition) is 2. The van der Waals surface area contributed by atoms with E-state index in [1.54, 1.807) is 12.1 Å². The van der Waals surface area contributed by atoms with Gasteiger partial charge in [-0.2, -0.15) is 4.39 Å². The Morgan fingerprint density at radius 2 is 1.80 bits per heavy atom. The van der Waals surface area contributed by atoms with Crippen LogP contribution in [-0.4, -0.2) is 4.98 Å². The van der Waals surface area contributed by atoms with Crippen molar-refractivity contribution < 1.29 is 4.39 Å². The average molecular weight is 267 g/mol. The van der Waals surface area contributed by atoms with E-state index >= 15 is 0 Å². The SMILES string of the molecule is Fc1cccc(Nc2ccc(Br)cc2)n1. The smallest absolute Gasteiger partial charge is 0.214 e. The zero-order valence-electron chi connectivity index (χ0n) is 7.74. The van der Waals surface area contributed by atoms with Gasteiger partial charge in [0.25, 0.3) is 0 Å². The second-order valence-corrected chi connectivity index (χ2v) is 3.89.